The van der Waals surface area contributed by atoms with Gasteiger partial charge in [-0.25, -0.2) is 8.42 Å². The van der Waals surface area contributed by atoms with Gasteiger partial charge in [0.25, 0.3) is 0 Å². The van der Waals surface area contributed by atoms with E-state index in [9.17, 15) is 8.42 Å². The summed E-state index contributed by atoms with van der Waals surface area (Å²) in [6.45, 7) is 3.70. The molecule has 3 N–H and O–H groups in total. The highest BCUT2D eigenvalue weighted by atomic mass is 32.2. The van der Waals surface area contributed by atoms with Crippen molar-refractivity contribution in [3.05, 3.63) is 12.7 Å². The number of hydrogen-bond donors (Lipinski definition) is 2. The molecule has 0 aliphatic carbocycles. The third-order valence-electron chi connectivity index (χ3n) is 3.64. The van der Waals surface area contributed by atoms with Gasteiger partial charge in [-0.3, -0.25) is 11.3 Å². The summed E-state index contributed by atoms with van der Waals surface area (Å²) >= 11 is 0. The fraction of sp³-hybridized carbons (Fsp3) is 0.846. The predicted octanol–water partition coefficient (Wildman–Crippen LogP) is 1.78. The van der Waals surface area contributed by atoms with Gasteiger partial charge in [0.2, 0.25) is 0 Å². The van der Waals surface area contributed by atoms with E-state index in [0.29, 0.717) is 17.4 Å². The standard InChI is InChI=1S/C13H26N2O2S/c1-2-3-4-5-6-7-13(15-14)10-12-8-9-18(16,17)11-12/h2,12-13,15H,1,3-11,14H2. The van der Waals surface area contributed by atoms with Crippen molar-refractivity contribution in [2.45, 2.75) is 51.0 Å². The summed E-state index contributed by atoms with van der Waals surface area (Å²) in [6, 6.07) is 0.257. The first kappa shape index (κ1) is 15.7. The molecule has 1 aliphatic heterocycles. The van der Waals surface area contributed by atoms with Gasteiger partial charge in [0, 0.05) is 6.04 Å². The Labute approximate surface area is 111 Å². The molecule has 4 nitrogen and oxygen atoms in total. The molecule has 0 saturated carbocycles. The molecule has 0 spiro atoms. The SMILES string of the molecule is C=CCCCCCC(CC1CCS(=O)(=O)C1)NN. The maximum atomic E-state index is 11.4. The minimum Gasteiger partial charge on any atom is -0.271 e. The lowest BCUT2D eigenvalue weighted by molar-refractivity contribution is 0.380. The Morgan fingerprint density at radius 2 is 2.17 bits per heavy atom. The number of rotatable bonds is 9. The molecule has 0 aromatic carbocycles. The molecule has 0 bridgehead atoms. The van der Waals surface area contributed by atoms with Gasteiger partial charge in [-0.15, -0.1) is 6.58 Å². The van der Waals surface area contributed by atoms with Gasteiger partial charge in [-0.2, -0.15) is 0 Å². The summed E-state index contributed by atoms with van der Waals surface area (Å²) in [5.74, 6) is 6.54. The van der Waals surface area contributed by atoms with E-state index >= 15 is 0 Å². The maximum Gasteiger partial charge on any atom is 0.150 e. The Kier molecular flexibility index (Phi) is 6.89. The van der Waals surface area contributed by atoms with Gasteiger partial charge in [-0.05, 0) is 38.0 Å². The second kappa shape index (κ2) is 7.92. The van der Waals surface area contributed by atoms with Crippen molar-refractivity contribution in [2.24, 2.45) is 11.8 Å². The molecule has 1 rings (SSSR count). The molecule has 5 heteroatoms. The second-order valence-corrected chi connectivity index (χ2v) is 7.52. The first-order valence-corrected chi connectivity index (χ1v) is 8.67. The van der Waals surface area contributed by atoms with E-state index in [0.717, 1.165) is 32.1 Å². The van der Waals surface area contributed by atoms with Crippen LogP contribution >= 0.6 is 0 Å². The van der Waals surface area contributed by atoms with E-state index in [-0.39, 0.29) is 6.04 Å². The third kappa shape index (κ3) is 5.98. The Morgan fingerprint density at radius 1 is 1.39 bits per heavy atom. The Bertz CT molecular complexity index is 341. The molecule has 0 radical (unpaired) electrons. The molecule has 1 saturated heterocycles. The molecule has 0 aromatic rings. The summed E-state index contributed by atoms with van der Waals surface area (Å²) in [5.41, 5.74) is 2.83. The number of hydrogen-bond acceptors (Lipinski definition) is 4. The zero-order chi connectivity index (χ0) is 13.4. The number of allylic oxidation sites excluding steroid dienone is 1. The molecule has 2 unspecified atom stereocenters. The van der Waals surface area contributed by atoms with E-state index in [1.54, 1.807) is 0 Å². The first-order chi connectivity index (χ1) is 8.57. The smallest absolute Gasteiger partial charge is 0.150 e. The minimum absolute atomic E-state index is 0.257. The number of nitrogens with two attached hydrogens (primary N) is 1. The van der Waals surface area contributed by atoms with Crippen molar-refractivity contribution < 1.29 is 8.42 Å². The van der Waals surface area contributed by atoms with Crippen LogP contribution in [0.15, 0.2) is 12.7 Å². The zero-order valence-electron chi connectivity index (χ0n) is 11.1. The average Bonchev–Trinajstić information content (AvgIpc) is 2.67. The van der Waals surface area contributed by atoms with Gasteiger partial charge >= 0.3 is 0 Å². The normalized spacial score (nSPS) is 23.9. The molecule has 18 heavy (non-hydrogen) atoms. The van der Waals surface area contributed by atoms with E-state index in [1.165, 1.54) is 12.8 Å². The number of nitrogens with one attached hydrogen (secondary N) is 1. The summed E-state index contributed by atoms with van der Waals surface area (Å²) in [7, 11) is -2.76. The highest BCUT2D eigenvalue weighted by Gasteiger charge is 2.29. The Morgan fingerprint density at radius 3 is 2.72 bits per heavy atom. The van der Waals surface area contributed by atoms with Crippen molar-refractivity contribution in [1.29, 1.82) is 0 Å². The fourth-order valence-electron chi connectivity index (χ4n) is 2.59. The monoisotopic (exact) mass is 274 g/mol. The third-order valence-corrected chi connectivity index (χ3v) is 5.48. The van der Waals surface area contributed by atoms with Crippen LogP contribution in [-0.2, 0) is 9.84 Å². The highest BCUT2D eigenvalue weighted by Crippen LogP contribution is 2.24. The first-order valence-electron chi connectivity index (χ1n) is 6.85. The Balaban J connectivity index is 2.19. The topological polar surface area (TPSA) is 72.2 Å². The number of hydrazine groups is 1. The van der Waals surface area contributed by atoms with E-state index in [4.69, 9.17) is 5.84 Å². The van der Waals surface area contributed by atoms with E-state index in [2.05, 4.69) is 12.0 Å². The lowest BCUT2D eigenvalue weighted by Gasteiger charge is -2.18. The molecule has 2 atom stereocenters. The predicted molar refractivity (Wildman–Crippen MR) is 75.8 cm³/mol. The van der Waals surface area contributed by atoms with Crippen molar-refractivity contribution >= 4 is 9.84 Å². The lowest BCUT2D eigenvalue weighted by atomic mass is 9.96. The van der Waals surface area contributed by atoms with Crippen molar-refractivity contribution in [1.82, 2.24) is 5.43 Å². The van der Waals surface area contributed by atoms with Crippen LogP contribution in [0.2, 0.25) is 0 Å². The fourth-order valence-corrected chi connectivity index (χ4v) is 4.47. The van der Waals surface area contributed by atoms with Gasteiger partial charge in [0.1, 0.15) is 0 Å². The molecular weight excluding hydrogens is 248 g/mol. The van der Waals surface area contributed by atoms with Crippen LogP contribution in [0.3, 0.4) is 0 Å². The van der Waals surface area contributed by atoms with Crippen LogP contribution in [0.5, 0.6) is 0 Å². The Hall–Kier alpha value is -0.390. The molecule has 0 amide bonds. The molecule has 0 aromatic heterocycles. The van der Waals surface area contributed by atoms with Crippen molar-refractivity contribution in [2.75, 3.05) is 11.5 Å². The highest BCUT2D eigenvalue weighted by molar-refractivity contribution is 7.91. The van der Waals surface area contributed by atoms with Crippen LogP contribution in [0.1, 0.15) is 44.9 Å². The van der Waals surface area contributed by atoms with Gasteiger partial charge in [0.05, 0.1) is 11.5 Å². The van der Waals surface area contributed by atoms with Crippen LogP contribution in [0, 0.1) is 5.92 Å². The van der Waals surface area contributed by atoms with Crippen molar-refractivity contribution in [3.63, 3.8) is 0 Å². The quantitative estimate of drug-likeness (QED) is 0.291. The number of unbranched alkanes of at least 4 members (excludes halogenated alkanes) is 3. The van der Waals surface area contributed by atoms with Crippen LogP contribution in [0.25, 0.3) is 0 Å². The van der Waals surface area contributed by atoms with Crippen molar-refractivity contribution in [3.8, 4) is 0 Å². The largest absolute Gasteiger partial charge is 0.271 e. The summed E-state index contributed by atoms with van der Waals surface area (Å²) < 4.78 is 22.8. The maximum absolute atomic E-state index is 11.4. The molecule has 1 aliphatic rings. The zero-order valence-corrected chi connectivity index (χ0v) is 11.9. The average molecular weight is 274 g/mol. The van der Waals surface area contributed by atoms with Gasteiger partial charge in [-0.1, -0.05) is 18.9 Å². The molecule has 1 heterocycles. The van der Waals surface area contributed by atoms with Crippen LogP contribution in [-0.4, -0.2) is 26.0 Å². The van der Waals surface area contributed by atoms with Gasteiger partial charge < -0.3 is 0 Å². The van der Waals surface area contributed by atoms with Crippen LogP contribution in [0.4, 0.5) is 0 Å². The number of sulfone groups is 1. The lowest BCUT2D eigenvalue weighted by Crippen LogP contribution is -2.36. The molecular formula is C13H26N2O2S. The summed E-state index contributed by atoms with van der Waals surface area (Å²) in [6.07, 6.45) is 9.25. The van der Waals surface area contributed by atoms with Crippen LogP contribution < -0.4 is 11.3 Å². The molecule has 1 fully saturated rings. The van der Waals surface area contributed by atoms with E-state index in [1.807, 2.05) is 6.08 Å². The summed E-state index contributed by atoms with van der Waals surface area (Å²) in [4.78, 5) is 0. The second-order valence-electron chi connectivity index (χ2n) is 5.30. The van der Waals surface area contributed by atoms with E-state index < -0.39 is 9.84 Å². The summed E-state index contributed by atoms with van der Waals surface area (Å²) in [5, 5.41) is 0. The van der Waals surface area contributed by atoms with Gasteiger partial charge in [0.15, 0.2) is 9.84 Å². The molecule has 106 valence electrons. The minimum atomic E-state index is -2.76.